The molecule has 0 saturated carbocycles. The highest BCUT2D eigenvalue weighted by molar-refractivity contribution is 7.71. The highest BCUT2D eigenvalue weighted by Gasteiger charge is 2.23. The van der Waals surface area contributed by atoms with Gasteiger partial charge >= 0.3 is 0 Å². The summed E-state index contributed by atoms with van der Waals surface area (Å²) in [6.07, 6.45) is 5.00. The predicted molar refractivity (Wildman–Crippen MR) is 125 cm³/mol. The van der Waals surface area contributed by atoms with Crippen LogP contribution in [0.25, 0.3) is 33.3 Å². The largest absolute Gasteiger partial charge is 0.341 e. The van der Waals surface area contributed by atoms with Crippen molar-refractivity contribution in [2.24, 2.45) is 5.10 Å². The molecule has 1 aliphatic rings. The first-order chi connectivity index (χ1) is 15.2. The number of fused-ring (bicyclic) bond motifs is 4. The molecule has 0 aliphatic heterocycles. The Kier molecular flexibility index (Phi) is 4.14. The summed E-state index contributed by atoms with van der Waals surface area (Å²) in [7, 11) is 0. The molecule has 0 spiro atoms. The monoisotopic (exact) mass is 427 g/mol. The normalized spacial score (nSPS) is 13.7. The quantitative estimate of drug-likeness (QED) is 0.318. The van der Waals surface area contributed by atoms with Gasteiger partial charge in [-0.1, -0.05) is 24.3 Å². The van der Waals surface area contributed by atoms with E-state index in [9.17, 15) is 0 Å². The molecule has 0 bridgehead atoms. The zero-order chi connectivity index (χ0) is 20.9. The fourth-order valence-corrected chi connectivity index (χ4v) is 4.85. The lowest BCUT2D eigenvalue weighted by molar-refractivity contribution is 0.827. The van der Waals surface area contributed by atoms with Crippen LogP contribution in [0.15, 0.2) is 47.6 Å². The van der Waals surface area contributed by atoms with E-state index in [1.54, 1.807) is 4.68 Å². The van der Waals surface area contributed by atoms with Gasteiger partial charge in [0.05, 0.1) is 6.21 Å². The van der Waals surface area contributed by atoms with Crippen molar-refractivity contribution in [1.82, 2.24) is 29.6 Å². The number of hydrogen-bond acceptors (Lipinski definition) is 4. The number of H-pyrrole nitrogens is 2. The minimum atomic E-state index is 0.449. The number of nitrogens with zero attached hydrogens (tertiary/aromatic N) is 5. The lowest BCUT2D eigenvalue weighted by Crippen LogP contribution is -1.97. The topological polar surface area (TPSA) is 79.6 Å². The van der Waals surface area contributed by atoms with E-state index in [2.05, 4.69) is 79.5 Å². The third-order valence-electron chi connectivity index (χ3n) is 6.10. The van der Waals surface area contributed by atoms with E-state index in [1.807, 2.05) is 6.21 Å². The molecule has 6 rings (SSSR count). The second kappa shape index (κ2) is 7.02. The Labute approximate surface area is 183 Å². The molecule has 0 atom stereocenters. The third-order valence-corrected chi connectivity index (χ3v) is 6.37. The van der Waals surface area contributed by atoms with Crippen LogP contribution in [0.2, 0.25) is 0 Å². The average Bonchev–Trinajstić information content (AvgIpc) is 3.54. The van der Waals surface area contributed by atoms with E-state index in [-0.39, 0.29) is 0 Å². The molecule has 154 valence electrons. The van der Waals surface area contributed by atoms with E-state index >= 15 is 0 Å². The van der Waals surface area contributed by atoms with Gasteiger partial charge in [0.1, 0.15) is 5.69 Å². The first kappa shape index (κ1) is 18.3. The molecular weight excluding hydrogens is 406 g/mol. The Balaban J connectivity index is 1.44. The van der Waals surface area contributed by atoms with Crippen molar-refractivity contribution in [3.05, 3.63) is 64.1 Å². The molecule has 31 heavy (non-hydrogen) atoms. The van der Waals surface area contributed by atoms with Gasteiger partial charge in [0.25, 0.3) is 0 Å². The van der Waals surface area contributed by atoms with E-state index in [1.165, 1.54) is 33.1 Å². The highest BCUT2D eigenvalue weighted by Crippen LogP contribution is 2.30. The first-order valence-electron chi connectivity index (χ1n) is 10.5. The first-order valence-corrected chi connectivity index (χ1v) is 10.9. The van der Waals surface area contributed by atoms with Crippen molar-refractivity contribution >= 4 is 40.2 Å². The van der Waals surface area contributed by atoms with Crippen molar-refractivity contribution in [1.29, 1.82) is 0 Å². The number of benzene rings is 2. The van der Waals surface area contributed by atoms with E-state index < -0.39 is 0 Å². The molecule has 5 aromatic rings. The summed E-state index contributed by atoms with van der Waals surface area (Å²) in [5.74, 6) is 0.643. The molecule has 2 N–H and O–H groups in total. The summed E-state index contributed by atoms with van der Waals surface area (Å²) < 4.78 is 4.45. The van der Waals surface area contributed by atoms with Gasteiger partial charge in [0, 0.05) is 39.6 Å². The summed E-state index contributed by atoms with van der Waals surface area (Å²) in [4.78, 5) is 0. The lowest BCUT2D eigenvalue weighted by atomic mass is 10.1. The second-order valence-electron chi connectivity index (χ2n) is 7.83. The second-order valence-corrected chi connectivity index (χ2v) is 8.22. The standard InChI is InChI=1S/C23H21N7S/c1-2-29-19-9-4-3-6-15(19)17-12-14(10-11-20(17)29)13-24-30-22(27-28-23(30)31)21-16-7-5-8-18(16)25-26-21/h3-4,6,9-13H,2,5,7-8H2,1H3,(H,25,26)(H,28,31). The molecule has 0 radical (unpaired) electrons. The van der Waals surface area contributed by atoms with Gasteiger partial charge in [0.2, 0.25) is 10.6 Å². The van der Waals surface area contributed by atoms with Crippen LogP contribution in [0.3, 0.4) is 0 Å². The van der Waals surface area contributed by atoms with Crippen molar-refractivity contribution in [3.8, 4) is 11.5 Å². The van der Waals surface area contributed by atoms with Gasteiger partial charge in [-0.15, -0.1) is 0 Å². The summed E-state index contributed by atoms with van der Waals surface area (Å²) in [6.45, 7) is 3.11. The minimum Gasteiger partial charge on any atom is -0.341 e. The summed E-state index contributed by atoms with van der Waals surface area (Å²) in [5.41, 5.74) is 6.73. The van der Waals surface area contributed by atoms with Crippen LogP contribution in [0.5, 0.6) is 0 Å². The molecule has 2 aromatic carbocycles. The molecular formula is C23H21N7S. The van der Waals surface area contributed by atoms with Gasteiger partial charge in [0.15, 0.2) is 0 Å². The number of aromatic nitrogens is 6. The van der Waals surface area contributed by atoms with Gasteiger partial charge < -0.3 is 4.57 Å². The van der Waals surface area contributed by atoms with Crippen LogP contribution >= 0.6 is 12.2 Å². The Hall–Kier alpha value is -3.52. The molecule has 1 aliphatic carbocycles. The Morgan fingerprint density at radius 2 is 1.94 bits per heavy atom. The van der Waals surface area contributed by atoms with Gasteiger partial charge in [-0.2, -0.15) is 20.0 Å². The van der Waals surface area contributed by atoms with Crippen LogP contribution < -0.4 is 0 Å². The van der Waals surface area contributed by atoms with Crippen LogP contribution in [0, 0.1) is 4.77 Å². The fourth-order valence-electron chi connectivity index (χ4n) is 4.67. The van der Waals surface area contributed by atoms with E-state index in [4.69, 9.17) is 12.2 Å². The van der Waals surface area contributed by atoms with E-state index in [0.29, 0.717) is 10.6 Å². The van der Waals surface area contributed by atoms with Crippen LogP contribution in [0.1, 0.15) is 30.2 Å². The number of aromatic amines is 2. The maximum atomic E-state index is 5.44. The molecule has 0 saturated heterocycles. The van der Waals surface area contributed by atoms with Gasteiger partial charge in [-0.25, -0.2) is 5.10 Å². The zero-order valence-corrected chi connectivity index (χ0v) is 17.9. The molecule has 8 heteroatoms. The van der Waals surface area contributed by atoms with Crippen molar-refractivity contribution in [2.75, 3.05) is 0 Å². The third kappa shape index (κ3) is 2.79. The van der Waals surface area contributed by atoms with Crippen LogP contribution in [0.4, 0.5) is 0 Å². The van der Waals surface area contributed by atoms with Crippen molar-refractivity contribution in [2.45, 2.75) is 32.7 Å². The maximum absolute atomic E-state index is 5.44. The molecule has 7 nitrogen and oxygen atoms in total. The predicted octanol–water partition coefficient (Wildman–Crippen LogP) is 4.83. The summed E-state index contributed by atoms with van der Waals surface area (Å²) in [5, 5.41) is 22.0. The maximum Gasteiger partial charge on any atom is 0.216 e. The molecule has 0 amide bonds. The van der Waals surface area contributed by atoms with Crippen LogP contribution in [-0.2, 0) is 19.4 Å². The Morgan fingerprint density at radius 1 is 1.06 bits per heavy atom. The van der Waals surface area contributed by atoms with Gasteiger partial charge in [-0.3, -0.25) is 5.10 Å². The molecule has 0 unspecified atom stereocenters. The van der Waals surface area contributed by atoms with E-state index in [0.717, 1.165) is 37.1 Å². The minimum absolute atomic E-state index is 0.449. The number of para-hydroxylation sites is 1. The molecule has 3 heterocycles. The molecule has 0 fully saturated rings. The zero-order valence-electron chi connectivity index (χ0n) is 17.1. The number of rotatable bonds is 4. The van der Waals surface area contributed by atoms with Crippen molar-refractivity contribution in [3.63, 3.8) is 0 Å². The Morgan fingerprint density at radius 3 is 2.84 bits per heavy atom. The van der Waals surface area contributed by atoms with Gasteiger partial charge in [-0.05, 0) is 62.2 Å². The van der Waals surface area contributed by atoms with Crippen LogP contribution in [-0.4, -0.2) is 35.9 Å². The smallest absolute Gasteiger partial charge is 0.216 e. The highest BCUT2D eigenvalue weighted by atomic mass is 32.1. The number of aryl methyl sites for hydroxylation is 2. The molecule has 3 aromatic heterocycles. The fraction of sp³-hybridized carbons (Fsp3) is 0.217. The Bertz CT molecular complexity index is 1530. The average molecular weight is 428 g/mol. The number of hydrogen-bond donors (Lipinski definition) is 2. The summed E-state index contributed by atoms with van der Waals surface area (Å²) in [6, 6.07) is 15.0. The SMILES string of the molecule is CCn1c2ccccc2c2cc(C=Nn3c(-c4n[nH]c5c4CCC5)n[nH]c3=S)ccc21. The summed E-state index contributed by atoms with van der Waals surface area (Å²) >= 11 is 5.44. The lowest BCUT2D eigenvalue weighted by Gasteiger charge is -2.03. The number of nitrogens with one attached hydrogen (secondary N) is 2. The van der Waals surface area contributed by atoms with Crippen molar-refractivity contribution < 1.29 is 0 Å².